The average Bonchev–Trinajstić information content (AvgIpc) is 2.89. The lowest BCUT2D eigenvalue weighted by Crippen LogP contribution is -2.21. The number of nitrogens with one attached hydrogen (secondary N) is 2. The van der Waals surface area contributed by atoms with E-state index in [4.69, 9.17) is 14.2 Å². The molecule has 3 aromatic rings. The summed E-state index contributed by atoms with van der Waals surface area (Å²) in [6, 6.07) is 17.8. The van der Waals surface area contributed by atoms with Crippen molar-refractivity contribution in [2.24, 2.45) is 0 Å². The van der Waals surface area contributed by atoms with Crippen LogP contribution in [0.15, 0.2) is 64.6 Å². The molecule has 9 heteroatoms. The van der Waals surface area contributed by atoms with E-state index in [1.54, 1.807) is 43.5 Å². The van der Waals surface area contributed by atoms with Gasteiger partial charge in [-0.25, -0.2) is 0 Å². The molecule has 2 N–H and O–H groups in total. The number of halogens is 1. The molecule has 0 aliphatic heterocycles. The standard InChI is InChI=1S/C29H28BrN3O5/c1-5-37-26-15-20(13-21(16-31)29(35)32-22-8-10-23(36-4)11-9-22)14-24(30)28(26)38-17-27(34)33-25-12-18(2)6-7-19(25)3/h6-15H,5,17H2,1-4H3,(H,32,35)(H,33,34)/b21-13-. The van der Waals surface area contributed by atoms with Crippen molar-refractivity contribution in [3.63, 3.8) is 0 Å². The first-order valence-corrected chi connectivity index (χ1v) is 12.6. The molecule has 0 aliphatic rings. The van der Waals surface area contributed by atoms with Gasteiger partial charge in [0.1, 0.15) is 17.4 Å². The molecule has 3 aromatic carbocycles. The minimum atomic E-state index is -0.560. The van der Waals surface area contributed by atoms with Crippen molar-refractivity contribution in [2.45, 2.75) is 20.8 Å². The zero-order valence-electron chi connectivity index (χ0n) is 21.6. The molecule has 0 atom stereocenters. The fourth-order valence-electron chi connectivity index (χ4n) is 3.46. The highest BCUT2D eigenvalue weighted by Gasteiger charge is 2.16. The summed E-state index contributed by atoms with van der Waals surface area (Å²) in [7, 11) is 1.55. The van der Waals surface area contributed by atoms with E-state index in [0.29, 0.717) is 39.6 Å². The lowest BCUT2D eigenvalue weighted by molar-refractivity contribution is -0.118. The van der Waals surface area contributed by atoms with Gasteiger partial charge < -0.3 is 24.8 Å². The van der Waals surface area contributed by atoms with Crippen molar-refractivity contribution < 1.29 is 23.8 Å². The summed E-state index contributed by atoms with van der Waals surface area (Å²) in [5.41, 5.74) is 3.66. The normalized spacial score (nSPS) is 10.8. The number of methoxy groups -OCH3 is 1. The highest BCUT2D eigenvalue weighted by atomic mass is 79.9. The number of benzene rings is 3. The van der Waals surface area contributed by atoms with Crippen LogP contribution in [0.25, 0.3) is 6.08 Å². The third-order valence-electron chi connectivity index (χ3n) is 5.37. The number of aryl methyl sites for hydroxylation is 2. The number of carbonyl (C=O) groups is 2. The number of ether oxygens (including phenoxy) is 3. The Kier molecular flexibility index (Phi) is 9.91. The Labute approximate surface area is 230 Å². The van der Waals surface area contributed by atoms with Gasteiger partial charge in [0.15, 0.2) is 18.1 Å². The van der Waals surface area contributed by atoms with Crippen molar-refractivity contribution in [1.82, 2.24) is 0 Å². The van der Waals surface area contributed by atoms with Crippen LogP contribution in [0.1, 0.15) is 23.6 Å². The Balaban J connectivity index is 1.76. The SMILES string of the molecule is CCOc1cc(/C=C(/C#N)C(=O)Nc2ccc(OC)cc2)cc(Br)c1OCC(=O)Nc1cc(C)ccc1C. The molecule has 0 aromatic heterocycles. The highest BCUT2D eigenvalue weighted by Crippen LogP contribution is 2.37. The Hall–Kier alpha value is -4.29. The third-order valence-corrected chi connectivity index (χ3v) is 5.96. The summed E-state index contributed by atoms with van der Waals surface area (Å²) >= 11 is 3.46. The summed E-state index contributed by atoms with van der Waals surface area (Å²) in [4.78, 5) is 25.2. The topological polar surface area (TPSA) is 110 Å². The predicted octanol–water partition coefficient (Wildman–Crippen LogP) is 6.04. The molecule has 8 nitrogen and oxygen atoms in total. The summed E-state index contributed by atoms with van der Waals surface area (Å²) in [5, 5.41) is 15.2. The van der Waals surface area contributed by atoms with Gasteiger partial charge in [0, 0.05) is 11.4 Å². The molecule has 38 heavy (non-hydrogen) atoms. The number of anilines is 2. The first kappa shape index (κ1) is 28.3. The van der Waals surface area contributed by atoms with Crippen LogP contribution in [-0.2, 0) is 9.59 Å². The smallest absolute Gasteiger partial charge is 0.266 e. The van der Waals surface area contributed by atoms with Crippen LogP contribution in [0.4, 0.5) is 11.4 Å². The summed E-state index contributed by atoms with van der Waals surface area (Å²) in [6.07, 6.45) is 1.45. The van der Waals surface area contributed by atoms with E-state index in [2.05, 4.69) is 26.6 Å². The second-order valence-corrected chi connectivity index (χ2v) is 9.13. The van der Waals surface area contributed by atoms with Crippen molar-refractivity contribution in [2.75, 3.05) is 31.0 Å². The van der Waals surface area contributed by atoms with E-state index in [1.165, 1.54) is 6.08 Å². The Morgan fingerprint density at radius 1 is 1.03 bits per heavy atom. The molecular formula is C29H28BrN3O5. The molecule has 0 radical (unpaired) electrons. The van der Waals surface area contributed by atoms with Gasteiger partial charge in [-0.15, -0.1) is 0 Å². The number of rotatable bonds is 10. The molecule has 0 aliphatic carbocycles. The van der Waals surface area contributed by atoms with Gasteiger partial charge >= 0.3 is 0 Å². The van der Waals surface area contributed by atoms with Gasteiger partial charge in [-0.2, -0.15) is 5.26 Å². The van der Waals surface area contributed by atoms with Crippen LogP contribution in [0, 0.1) is 25.2 Å². The zero-order valence-corrected chi connectivity index (χ0v) is 23.1. The number of hydrogen-bond acceptors (Lipinski definition) is 6. The van der Waals surface area contributed by atoms with Crippen LogP contribution in [0.3, 0.4) is 0 Å². The fraction of sp³-hybridized carbons (Fsp3) is 0.207. The maximum absolute atomic E-state index is 12.7. The molecule has 0 bridgehead atoms. The van der Waals surface area contributed by atoms with Crippen LogP contribution < -0.4 is 24.8 Å². The largest absolute Gasteiger partial charge is 0.497 e. The number of hydrogen-bond donors (Lipinski definition) is 2. The molecule has 0 fully saturated rings. The number of nitriles is 1. The minimum Gasteiger partial charge on any atom is -0.497 e. The number of nitrogens with zero attached hydrogens (tertiary/aromatic N) is 1. The second kappa shape index (κ2) is 13.3. The fourth-order valence-corrected chi connectivity index (χ4v) is 4.03. The van der Waals surface area contributed by atoms with E-state index < -0.39 is 5.91 Å². The zero-order chi connectivity index (χ0) is 27.7. The molecule has 196 valence electrons. The first-order chi connectivity index (χ1) is 18.2. The number of amides is 2. The maximum atomic E-state index is 12.7. The van der Waals surface area contributed by atoms with Crippen LogP contribution in [-0.4, -0.2) is 32.1 Å². The van der Waals surface area contributed by atoms with Gasteiger partial charge in [0.25, 0.3) is 11.8 Å². The van der Waals surface area contributed by atoms with Crippen LogP contribution in [0.5, 0.6) is 17.2 Å². The summed E-state index contributed by atoms with van der Waals surface area (Å²) in [5.74, 6) is 0.466. The second-order valence-electron chi connectivity index (χ2n) is 8.27. The van der Waals surface area contributed by atoms with Gasteiger partial charge in [-0.1, -0.05) is 12.1 Å². The van der Waals surface area contributed by atoms with Crippen LogP contribution >= 0.6 is 15.9 Å². The van der Waals surface area contributed by atoms with Crippen molar-refractivity contribution in [3.05, 3.63) is 81.3 Å². The van der Waals surface area contributed by atoms with Crippen molar-refractivity contribution >= 4 is 45.2 Å². The van der Waals surface area contributed by atoms with Crippen molar-refractivity contribution in [1.29, 1.82) is 5.26 Å². The van der Waals surface area contributed by atoms with Gasteiger partial charge in [0.2, 0.25) is 0 Å². The van der Waals surface area contributed by atoms with Crippen LogP contribution in [0.2, 0.25) is 0 Å². The molecule has 0 saturated carbocycles. The molecule has 0 spiro atoms. The quantitative estimate of drug-likeness (QED) is 0.224. The lowest BCUT2D eigenvalue weighted by Gasteiger charge is -2.15. The van der Waals surface area contributed by atoms with Gasteiger partial charge in [-0.05, 0) is 102 Å². The average molecular weight is 578 g/mol. The third kappa shape index (κ3) is 7.60. The monoisotopic (exact) mass is 577 g/mol. The van der Waals surface area contributed by atoms with E-state index >= 15 is 0 Å². The Bertz CT molecular complexity index is 1390. The van der Waals surface area contributed by atoms with Crippen molar-refractivity contribution in [3.8, 4) is 23.3 Å². The van der Waals surface area contributed by atoms with E-state index in [1.807, 2.05) is 45.0 Å². The van der Waals surface area contributed by atoms with Gasteiger partial charge in [-0.3, -0.25) is 9.59 Å². The lowest BCUT2D eigenvalue weighted by atomic mass is 10.1. The van der Waals surface area contributed by atoms with E-state index in [0.717, 1.165) is 16.8 Å². The van der Waals surface area contributed by atoms with E-state index in [9.17, 15) is 14.9 Å². The summed E-state index contributed by atoms with van der Waals surface area (Å²) in [6.45, 7) is 5.78. The molecule has 0 heterocycles. The molecule has 0 saturated heterocycles. The molecule has 3 rings (SSSR count). The minimum absolute atomic E-state index is 0.100. The highest BCUT2D eigenvalue weighted by molar-refractivity contribution is 9.10. The maximum Gasteiger partial charge on any atom is 0.266 e. The molecule has 0 unspecified atom stereocenters. The van der Waals surface area contributed by atoms with E-state index in [-0.39, 0.29) is 18.1 Å². The predicted molar refractivity (Wildman–Crippen MR) is 151 cm³/mol. The number of carbonyl (C=O) groups excluding carboxylic acids is 2. The van der Waals surface area contributed by atoms with Gasteiger partial charge in [0.05, 0.1) is 18.2 Å². The molecular weight excluding hydrogens is 550 g/mol. The molecule has 2 amide bonds. The Morgan fingerprint density at radius 2 is 1.76 bits per heavy atom. The Morgan fingerprint density at radius 3 is 2.42 bits per heavy atom. The summed E-state index contributed by atoms with van der Waals surface area (Å²) < 4.78 is 17.1. The first-order valence-electron chi connectivity index (χ1n) is 11.8.